The second-order valence-electron chi connectivity index (χ2n) is 7.37. The summed E-state index contributed by atoms with van der Waals surface area (Å²) in [7, 11) is 0. The van der Waals surface area contributed by atoms with E-state index in [1.54, 1.807) is 6.92 Å². The standard InChI is InChI=1S/C20H23FN2O4/c1-12-5-6-20(27-12,7-8-24)17-13(2)18(25)23(19(17)26)16-4-3-14(11-22)15(9-16)10-21/h3-4,9,12-13,17,24H,5-8,10H2,1-2H3/t12?,13-,17+,20?/m1/s1. The van der Waals surface area contributed by atoms with Gasteiger partial charge < -0.3 is 9.84 Å². The molecule has 6 nitrogen and oxygen atoms in total. The molecule has 4 atom stereocenters. The molecule has 1 N–H and O–H groups in total. The smallest absolute Gasteiger partial charge is 0.240 e. The molecule has 2 saturated heterocycles. The maximum Gasteiger partial charge on any atom is 0.240 e. The van der Waals surface area contributed by atoms with E-state index in [1.807, 2.05) is 13.0 Å². The Hall–Kier alpha value is -2.30. The van der Waals surface area contributed by atoms with Crippen molar-refractivity contribution in [2.45, 2.75) is 51.5 Å². The molecule has 3 rings (SSSR count). The van der Waals surface area contributed by atoms with E-state index in [2.05, 4.69) is 0 Å². The second kappa shape index (κ2) is 7.37. The number of nitriles is 1. The quantitative estimate of drug-likeness (QED) is 0.800. The van der Waals surface area contributed by atoms with Gasteiger partial charge in [-0.3, -0.25) is 9.59 Å². The van der Waals surface area contributed by atoms with Crippen LogP contribution in [0.25, 0.3) is 0 Å². The van der Waals surface area contributed by atoms with Crippen molar-refractivity contribution >= 4 is 17.5 Å². The summed E-state index contributed by atoms with van der Waals surface area (Å²) in [5.41, 5.74) is -0.293. The molecular weight excluding hydrogens is 351 g/mol. The average molecular weight is 374 g/mol. The van der Waals surface area contributed by atoms with E-state index in [4.69, 9.17) is 10.00 Å². The number of carbonyl (C=O) groups excluding carboxylic acids is 2. The van der Waals surface area contributed by atoms with Gasteiger partial charge in [0.2, 0.25) is 11.8 Å². The molecule has 27 heavy (non-hydrogen) atoms. The number of ether oxygens (including phenoxy) is 1. The predicted octanol–water partition coefficient (Wildman–Crippen LogP) is 2.47. The first-order valence-corrected chi connectivity index (χ1v) is 9.14. The minimum Gasteiger partial charge on any atom is -0.396 e. The summed E-state index contributed by atoms with van der Waals surface area (Å²) in [5.74, 6) is -2.09. The third-order valence-electron chi connectivity index (χ3n) is 5.72. The van der Waals surface area contributed by atoms with E-state index < -0.39 is 30.0 Å². The number of anilines is 1. The fourth-order valence-electron chi connectivity index (χ4n) is 4.41. The maximum atomic E-state index is 13.3. The van der Waals surface area contributed by atoms with Crippen molar-refractivity contribution < 1.29 is 23.8 Å². The largest absolute Gasteiger partial charge is 0.396 e. The summed E-state index contributed by atoms with van der Waals surface area (Å²) in [6.07, 6.45) is 1.59. The Morgan fingerprint density at radius 1 is 1.37 bits per heavy atom. The van der Waals surface area contributed by atoms with Crippen molar-refractivity contribution in [2.75, 3.05) is 11.5 Å². The normalized spacial score (nSPS) is 30.8. The number of hydrogen-bond donors (Lipinski definition) is 1. The molecule has 0 aliphatic carbocycles. The fourth-order valence-corrected chi connectivity index (χ4v) is 4.41. The van der Waals surface area contributed by atoms with Crippen LogP contribution in [0.3, 0.4) is 0 Å². The van der Waals surface area contributed by atoms with Crippen molar-refractivity contribution in [3.05, 3.63) is 29.3 Å². The van der Waals surface area contributed by atoms with E-state index in [9.17, 15) is 19.1 Å². The number of rotatable bonds is 5. The van der Waals surface area contributed by atoms with Crippen molar-refractivity contribution in [1.82, 2.24) is 0 Å². The molecule has 2 amide bonds. The van der Waals surface area contributed by atoms with Gasteiger partial charge >= 0.3 is 0 Å². The molecule has 2 aliphatic rings. The molecule has 2 fully saturated rings. The molecule has 0 bridgehead atoms. The highest BCUT2D eigenvalue weighted by Crippen LogP contribution is 2.47. The van der Waals surface area contributed by atoms with Gasteiger partial charge in [0.05, 0.1) is 40.9 Å². The van der Waals surface area contributed by atoms with Crippen LogP contribution in [0.1, 0.15) is 44.2 Å². The first-order chi connectivity index (χ1) is 12.9. The summed E-state index contributed by atoms with van der Waals surface area (Å²) >= 11 is 0. The Bertz CT molecular complexity index is 802. The molecule has 0 spiro atoms. The number of aliphatic hydroxyl groups is 1. The van der Waals surface area contributed by atoms with Gasteiger partial charge in [-0.15, -0.1) is 0 Å². The van der Waals surface area contributed by atoms with Crippen LogP contribution < -0.4 is 4.90 Å². The van der Waals surface area contributed by atoms with Crippen LogP contribution in [0.5, 0.6) is 0 Å². The fraction of sp³-hybridized carbons (Fsp3) is 0.550. The number of aliphatic hydroxyl groups excluding tert-OH is 1. The number of nitrogens with zero attached hydrogens (tertiary/aromatic N) is 2. The molecule has 7 heteroatoms. The Morgan fingerprint density at radius 2 is 2.11 bits per heavy atom. The molecule has 0 radical (unpaired) electrons. The highest BCUT2D eigenvalue weighted by atomic mass is 19.1. The van der Waals surface area contributed by atoms with Crippen LogP contribution in [-0.2, 0) is 21.0 Å². The molecule has 0 aromatic heterocycles. The van der Waals surface area contributed by atoms with Gasteiger partial charge in [-0.05, 0) is 38.0 Å². The Morgan fingerprint density at radius 3 is 2.67 bits per heavy atom. The number of halogens is 1. The number of carbonyl (C=O) groups is 2. The Kier molecular flexibility index (Phi) is 5.31. The van der Waals surface area contributed by atoms with Crippen LogP contribution in [0.4, 0.5) is 10.1 Å². The molecule has 0 saturated carbocycles. The van der Waals surface area contributed by atoms with E-state index >= 15 is 0 Å². The van der Waals surface area contributed by atoms with E-state index in [0.717, 1.165) is 11.3 Å². The summed E-state index contributed by atoms with van der Waals surface area (Å²) in [4.78, 5) is 27.2. The Balaban J connectivity index is 2.00. The number of imide groups is 1. The van der Waals surface area contributed by atoms with Crippen molar-refractivity contribution in [1.29, 1.82) is 5.26 Å². The molecule has 1 aromatic rings. The van der Waals surface area contributed by atoms with Gasteiger partial charge in [-0.1, -0.05) is 6.92 Å². The summed E-state index contributed by atoms with van der Waals surface area (Å²) in [6, 6.07) is 6.18. The zero-order valence-electron chi connectivity index (χ0n) is 15.4. The number of hydrogen-bond acceptors (Lipinski definition) is 5. The van der Waals surface area contributed by atoms with Crippen molar-refractivity contribution in [2.24, 2.45) is 11.8 Å². The van der Waals surface area contributed by atoms with Gasteiger partial charge in [0.25, 0.3) is 0 Å². The minimum absolute atomic E-state index is 0.0474. The molecule has 144 valence electrons. The van der Waals surface area contributed by atoms with Gasteiger partial charge in [0.1, 0.15) is 6.67 Å². The lowest BCUT2D eigenvalue weighted by molar-refractivity contribution is -0.140. The number of amides is 2. The van der Waals surface area contributed by atoms with Crippen LogP contribution in [0.15, 0.2) is 18.2 Å². The lowest BCUT2D eigenvalue weighted by Crippen LogP contribution is -2.45. The van der Waals surface area contributed by atoms with Gasteiger partial charge in [-0.2, -0.15) is 5.26 Å². The van der Waals surface area contributed by atoms with Crippen LogP contribution in [0.2, 0.25) is 0 Å². The predicted molar refractivity (Wildman–Crippen MR) is 95.3 cm³/mol. The molecule has 2 unspecified atom stereocenters. The minimum atomic E-state index is -0.870. The number of benzene rings is 1. The zero-order valence-corrected chi connectivity index (χ0v) is 15.4. The van der Waals surface area contributed by atoms with E-state index in [0.29, 0.717) is 6.42 Å². The van der Waals surface area contributed by atoms with Gasteiger partial charge in [-0.25, -0.2) is 9.29 Å². The SMILES string of the molecule is CC1CCC(CCO)([C@@H]2C(=O)N(c3ccc(C#N)c(CF)c3)C(=O)[C@@H]2C)O1. The summed E-state index contributed by atoms with van der Waals surface area (Å²) in [5, 5.41) is 18.6. The lowest BCUT2D eigenvalue weighted by Gasteiger charge is -2.35. The third-order valence-corrected chi connectivity index (χ3v) is 5.72. The molecule has 2 aliphatic heterocycles. The van der Waals surface area contributed by atoms with Gasteiger partial charge in [0, 0.05) is 18.6 Å². The highest BCUT2D eigenvalue weighted by Gasteiger charge is 2.58. The first-order valence-electron chi connectivity index (χ1n) is 9.14. The van der Waals surface area contributed by atoms with Crippen LogP contribution in [0, 0.1) is 23.2 Å². The number of alkyl halides is 1. The zero-order chi connectivity index (χ0) is 19.8. The van der Waals surface area contributed by atoms with Crippen molar-refractivity contribution in [3.8, 4) is 6.07 Å². The van der Waals surface area contributed by atoms with Crippen LogP contribution >= 0.6 is 0 Å². The molecule has 1 aromatic carbocycles. The second-order valence-corrected chi connectivity index (χ2v) is 7.37. The Labute approximate surface area is 157 Å². The topological polar surface area (TPSA) is 90.6 Å². The van der Waals surface area contributed by atoms with E-state index in [1.165, 1.54) is 18.2 Å². The summed E-state index contributed by atoms with van der Waals surface area (Å²) in [6.45, 7) is 2.61. The first kappa shape index (κ1) is 19.5. The highest BCUT2D eigenvalue weighted by molar-refractivity contribution is 6.22. The monoisotopic (exact) mass is 374 g/mol. The summed E-state index contributed by atoms with van der Waals surface area (Å²) < 4.78 is 19.3. The molecule has 2 heterocycles. The van der Waals surface area contributed by atoms with Crippen LogP contribution in [-0.4, -0.2) is 35.2 Å². The lowest BCUT2D eigenvalue weighted by atomic mass is 9.76. The van der Waals surface area contributed by atoms with Gasteiger partial charge in [0.15, 0.2) is 0 Å². The third kappa shape index (κ3) is 3.13. The maximum absolute atomic E-state index is 13.3. The average Bonchev–Trinajstić information content (AvgIpc) is 3.12. The molecular formula is C20H23FN2O4. The van der Waals surface area contributed by atoms with E-state index in [-0.39, 0.29) is 41.9 Å². The van der Waals surface area contributed by atoms with Crippen molar-refractivity contribution in [3.63, 3.8) is 0 Å².